The fourth-order valence-corrected chi connectivity index (χ4v) is 3.02. The van der Waals surface area contributed by atoms with E-state index in [4.69, 9.17) is 0 Å². The number of aromatic nitrogens is 1. The predicted molar refractivity (Wildman–Crippen MR) is 53.8 cm³/mol. The molecule has 0 radical (unpaired) electrons. The summed E-state index contributed by atoms with van der Waals surface area (Å²) in [5.41, 5.74) is 1.83. The van der Waals surface area contributed by atoms with Crippen LogP contribution in [0.2, 0.25) is 0 Å². The van der Waals surface area contributed by atoms with Crippen LogP contribution in [-0.4, -0.2) is 10.9 Å². The Hall–Kier alpha value is -0.900. The molecule has 3 rings (SSSR count). The van der Waals surface area contributed by atoms with Crippen LogP contribution >= 0.6 is 11.3 Å². The van der Waals surface area contributed by atoms with Gasteiger partial charge in [-0.25, -0.2) is 0 Å². The molecule has 0 aromatic carbocycles. The van der Waals surface area contributed by atoms with Crippen molar-refractivity contribution in [2.24, 2.45) is 11.8 Å². The van der Waals surface area contributed by atoms with Crippen molar-refractivity contribution in [2.45, 2.75) is 25.3 Å². The molecule has 0 bridgehead atoms. The maximum absolute atomic E-state index is 11.4. The summed E-state index contributed by atoms with van der Waals surface area (Å²) >= 11 is 1.64. The Morgan fingerprint density at radius 3 is 2.86 bits per heavy atom. The zero-order valence-corrected chi connectivity index (χ0v) is 8.59. The predicted octanol–water partition coefficient (Wildman–Crippen LogP) is 1.73. The van der Waals surface area contributed by atoms with Gasteiger partial charge in [0.2, 0.25) is 5.91 Å². The van der Waals surface area contributed by atoms with E-state index >= 15 is 0 Å². The molecule has 1 saturated heterocycles. The van der Waals surface area contributed by atoms with Gasteiger partial charge in [-0.2, -0.15) is 0 Å². The number of nitrogens with one attached hydrogen (secondary N) is 1. The van der Waals surface area contributed by atoms with Crippen LogP contribution in [0.4, 0.5) is 0 Å². The Bertz CT molecular complexity index is 345. The molecular weight excluding hydrogens is 196 g/mol. The van der Waals surface area contributed by atoms with Crippen molar-refractivity contribution in [3.8, 4) is 0 Å². The van der Waals surface area contributed by atoms with Crippen LogP contribution in [0.15, 0.2) is 11.7 Å². The van der Waals surface area contributed by atoms with Crippen LogP contribution in [0.25, 0.3) is 0 Å². The van der Waals surface area contributed by atoms with Crippen molar-refractivity contribution in [3.63, 3.8) is 0 Å². The minimum atomic E-state index is 0.240. The number of amides is 1. The molecule has 74 valence electrons. The summed E-state index contributed by atoms with van der Waals surface area (Å²) in [6.45, 7) is 0. The van der Waals surface area contributed by atoms with Crippen molar-refractivity contribution >= 4 is 17.2 Å². The van der Waals surface area contributed by atoms with Crippen LogP contribution in [0, 0.1) is 11.8 Å². The van der Waals surface area contributed by atoms with Crippen LogP contribution in [0.1, 0.15) is 30.2 Å². The maximum atomic E-state index is 11.4. The fraction of sp³-hybridized carbons (Fsp3) is 0.600. The van der Waals surface area contributed by atoms with Gasteiger partial charge in [0.25, 0.3) is 0 Å². The van der Waals surface area contributed by atoms with Gasteiger partial charge in [0, 0.05) is 11.1 Å². The molecule has 1 N–H and O–H groups in total. The third-order valence-corrected chi connectivity index (χ3v) is 4.23. The van der Waals surface area contributed by atoms with E-state index in [0.717, 1.165) is 0 Å². The first kappa shape index (κ1) is 8.41. The molecule has 2 unspecified atom stereocenters. The lowest BCUT2D eigenvalue weighted by molar-refractivity contribution is -0.140. The molecule has 2 aliphatic rings. The standard InChI is InChI=1S/C10H12N2OS/c13-10-8(6-2-1-3-6)9(12-10)7-4-11-5-14-7/h4-6,8-9H,1-3H2,(H,12,13). The molecule has 1 aromatic heterocycles. The fourth-order valence-electron chi connectivity index (χ4n) is 2.31. The Kier molecular flexibility index (Phi) is 1.83. The summed E-state index contributed by atoms with van der Waals surface area (Å²) in [5, 5.41) is 2.98. The Labute approximate surface area is 86.5 Å². The molecule has 1 aliphatic heterocycles. The SMILES string of the molecule is O=C1NC(c2cncs2)C1C1CCC1. The van der Waals surface area contributed by atoms with E-state index in [1.165, 1.54) is 24.1 Å². The smallest absolute Gasteiger partial charge is 0.226 e. The summed E-state index contributed by atoms with van der Waals surface area (Å²) in [5.74, 6) is 1.12. The second-order valence-corrected chi connectivity index (χ2v) is 5.02. The lowest BCUT2D eigenvalue weighted by Gasteiger charge is -2.44. The molecule has 2 atom stereocenters. The van der Waals surface area contributed by atoms with Crippen LogP contribution in [0.5, 0.6) is 0 Å². The minimum absolute atomic E-state index is 0.240. The first-order valence-corrected chi connectivity index (χ1v) is 5.93. The number of β-lactam (4-membered cyclic amide) rings is 1. The van der Waals surface area contributed by atoms with Crippen molar-refractivity contribution in [1.29, 1.82) is 0 Å². The average molecular weight is 208 g/mol. The van der Waals surface area contributed by atoms with Crippen molar-refractivity contribution < 1.29 is 4.79 Å². The molecule has 2 heterocycles. The van der Waals surface area contributed by atoms with Gasteiger partial charge in [-0.15, -0.1) is 11.3 Å². The molecule has 0 spiro atoms. The van der Waals surface area contributed by atoms with E-state index in [-0.39, 0.29) is 17.9 Å². The molecule has 14 heavy (non-hydrogen) atoms. The van der Waals surface area contributed by atoms with Crippen molar-refractivity contribution in [1.82, 2.24) is 10.3 Å². The number of hydrogen-bond donors (Lipinski definition) is 1. The van der Waals surface area contributed by atoms with E-state index in [1.54, 1.807) is 11.3 Å². The van der Waals surface area contributed by atoms with Crippen molar-refractivity contribution in [3.05, 3.63) is 16.6 Å². The lowest BCUT2D eigenvalue weighted by atomic mass is 9.69. The highest BCUT2D eigenvalue weighted by atomic mass is 32.1. The van der Waals surface area contributed by atoms with Gasteiger partial charge in [0.1, 0.15) is 0 Å². The van der Waals surface area contributed by atoms with Gasteiger partial charge in [0.05, 0.1) is 17.5 Å². The molecular formula is C10H12N2OS. The average Bonchev–Trinajstić information content (AvgIpc) is 2.59. The number of carbonyl (C=O) groups excluding carboxylic acids is 1. The Morgan fingerprint density at radius 1 is 1.50 bits per heavy atom. The number of thiazole rings is 1. The normalized spacial score (nSPS) is 31.9. The highest BCUT2D eigenvalue weighted by Gasteiger charge is 2.47. The van der Waals surface area contributed by atoms with Crippen LogP contribution < -0.4 is 5.32 Å². The first-order valence-electron chi connectivity index (χ1n) is 5.05. The Balaban J connectivity index is 1.78. The summed E-state index contributed by atoms with van der Waals surface area (Å²) in [4.78, 5) is 16.7. The third-order valence-electron chi connectivity index (χ3n) is 3.38. The van der Waals surface area contributed by atoms with Gasteiger partial charge >= 0.3 is 0 Å². The van der Waals surface area contributed by atoms with Gasteiger partial charge in [-0.1, -0.05) is 6.42 Å². The summed E-state index contributed by atoms with van der Waals surface area (Å²) in [6, 6.07) is 0.264. The monoisotopic (exact) mass is 208 g/mol. The number of nitrogens with zero attached hydrogens (tertiary/aromatic N) is 1. The molecule has 1 saturated carbocycles. The van der Waals surface area contributed by atoms with E-state index in [2.05, 4.69) is 10.3 Å². The van der Waals surface area contributed by atoms with E-state index in [9.17, 15) is 4.79 Å². The first-order chi connectivity index (χ1) is 6.86. The molecule has 1 aliphatic carbocycles. The van der Waals surface area contributed by atoms with Crippen LogP contribution in [0.3, 0.4) is 0 Å². The summed E-state index contributed by atoms with van der Waals surface area (Å²) < 4.78 is 0. The van der Waals surface area contributed by atoms with Gasteiger partial charge < -0.3 is 5.32 Å². The minimum Gasteiger partial charge on any atom is -0.347 e. The zero-order chi connectivity index (χ0) is 9.54. The van der Waals surface area contributed by atoms with Gasteiger partial charge in [-0.05, 0) is 18.8 Å². The third kappa shape index (κ3) is 1.10. The second-order valence-electron chi connectivity index (χ2n) is 4.11. The zero-order valence-electron chi connectivity index (χ0n) is 7.77. The summed E-state index contributed by atoms with van der Waals surface area (Å²) in [6.07, 6.45) is 5.63. The van der Waals surface area contributed by atoms with E-state index in [1.807, 2.05) is 11.7 Å². The van der Waals surface area contributed by atoms with Gasteiger partial charge in [-0.3, -0.25) is 9.78 Å². The molecule has 1 aromatic rings. The maximum Gasteiger partial charge on any atom is 0.226 e. The number of hydrogen-bond acceptors (Lipinski definition) is 3. The lowest BCUT2D eigenvalue weighted by Crippen LogP contribution is -2.55. The summed E-state index contributed by atoms with van der Waals surface area (Å²) in [7, 11) is 0. The molecule has 1 amide bonds. The largest absolute Gasteiger partial charge is 0.347 e. The molecule has 2 fully saturated rings. The topological polar surface area (TPSA) is 42.0 Å². The number of rotatable bonds is 2. The van der Waals surface area contributed by atoms with Crippen LogP contribution in [-0.2, 0) is 4.79 Å². The highest BCUT2D eigenvalue weighted by molar-refractivity contribution is 7.09. The van der Waals surface area contributed by atoms with Crippen molar-refractivity contribution in [2.75, 3.05) is 0 Å². The quantitative estimate of drug-likeness (QED) is 0.752. The molecule has 3 nitrogen and oxygen atoms in total. The highest BCUT2D eigenvalue weighted by Crippen LogP contribution is 2.45. The second kappa shape index (κ2) is 3.05. The van der Waals surface area contributed by atoms with E-state index in [0.29, 0.717) is 5.92 Å². The molecule has 4 heteroatoms. The van der Waals surface area contributed by atoms with E-state index < -0.39 is 0 Å². The van der Waals surface area contributed by atoms with Gasteiger partial charge in [0.15, 0.2) is 0 Å². The Morgan fingerprint density at radius 2 is 2.36 bits per heavy atom. The number of carbonyl (C=O) groups is 1.